The SMILES string of the molecule is COc1cc(-n2ccc3c(-c4cccc(-c5ccc(CNCC6CCC(=O)N6)c(OC)n5)c4Cl)cccc32)cc(OC)c1CN1CC(C)(C(=O)O)C1. The number of carbonyl (C=O) groups is 2. The van der Waals surface area contributed by atoms with Gasteiger partial charge in [-0.2, -0.15) is 0 Å². The van der Waals surface area contributed by atoms with Crippen molar-refractivity contribution in [2.75, 3.05) is 41.0 Å². The second-order valence-electron chi connectivity index (χ2n) is 13.7. The van der Waals surface area contributed by atoms with E-state index >= 15 is 0 Å². The zero-order chi connectivity index (χ0) is 36.6. The van der Waals surface area contributed by atoms with Crippen molar-refractivity contribution in [1.29, 1.82) is 0 Å². The third-order valence-corrected chi connectivity index (χ3v) is 10.5. The Morgan fingerprint density at radius 2 is 1.71 bits per heavy atom. The fourth-order valence-electron chi connectivity index (χ4n) is 7.38. The summed E-state index contributed by atoms with van der Waals surface area (Å²) in [5, 5.41) is 17.5. The fraction of sp³-hybridized carbons (Fsp3) is 0.325. The van der Waals surface area contributed by atoms with Crippen LogP contribution in [0.15, 0.2) is 72.9 Å². The maximum absolute atomic E-state index is 11.6. The lowest BCUT2D eigenvalue weighted by Gasteiger charge is -2.45. The molecule has 0 bridgehead atoms. The molecule has 0 spiro atoms. The first-order valence-corrected chi connectivity index (χ1v) is 17.6. The highest BCUT2D eigenvalue weighted by Gasteiger charge is 2.45. The number of fused-ring (bicyclic) bond motifs is 1. The van der Waals surface area contributed by atoms with Gasteiger partial charge in [-0.15, -0.1) is 0 Å². The first-order valence-electron chi connectivity index (χ1n) is 17.3. The van der Waals surface area contributed by atoms with Gasteiger partial charge in [-0.05, 0) is 37.1 Å². The number of amides is 1. The second kappa shape index (κ2) is 14.5. The van der Waals surface area contributed by atoms with Crippen molar-refractivity contribution in [3.05, 3.63) is 89.1 Å². The molecule has 2 aliphatic rings. The van der Waals surface area contributed by atoms with Gasteiger partial charge in [0.05, 0.1) is 54.2 Å². The number of ether oxygens (including phenoxy) is 3. The highest BCUT2D eigenvalue weighted by molar-refractivity contribution is 6.36. The molecule has 52 heavy (non-hydrogen) atoms. The van der Waals surface area contributed by atoms with Gasteiger partial charge in [0.2, 0.25) is 11.8 Å². The van der Waals surface area contributed by atoms with E-state index in [1.165, 1.54) is 0 Å². The molecule has 3 N–H and O–H groups in total. The summed E-state index contributed by atoms with van der Waals surface area (Å²) < 4.78 is 19.5. The van der Waals surface area contributed by atoms with Crippen LogP contribution in [0.25, 0.3) is 39.0 Å². The van der Waals surface area contributed by atoms with E-state index in [0.717, 1.165) is 50.8 Å². The van der Waals surface area contributed by atoms with Crippen molar-refractivity contribution in [3.8, 4) is 45.5 Å². The number of hydrogen-bond acceptors (Lipinski definition) is 8. The molecule has 270 valence electrons. The normalized spacial score (nSPS) is 16.8. The fourth-order valence-corrected chi connectivity index (χ4v) is 7.71. The summed E-state index contributed by atoms with van der Waals surface area (Å²) in [5.41, 5.74) is 6.22. The second-order valence-corrected chi connectivity index (χ2v) is 14.1. The molecule has 11 nitrogen and oxygen atoms in total. The Morgan fingerprint density at radius 3 is 2.38 bits per heavy atom. The van der Waals surface area contributed by atoms with Crippen LogP contribution in [-0.4, -0.2) is 78.4 Å². The first-order chi connectivity index (χ1) is 25.1. The number of carbonyl (C=O) groups excluding carboxylic acids is 1. The lowest BCUT2D eigenvalue weighted by Crippen LogP contribution is -2.58. The number of hydrogen-bond donors (Lipinski definition) is 3. The predicted octanol–water partition coefficient (Wildman–Crippen LogP) is 6.31. The van der Waals surface area contributed by atoms with E-state index in [9.17, 15) is 14.7 Å². The van der Waals surface area contributed by atoms with Crippen molar-refractivity contribution >= 4 is 34.4 Å². The lowest BCUT2D eigenvalue weighted by molar-refractivity contribution is -0.159. The third-order valence-electron chi connectivity index (χ3n) is 10.1. The first kappa shape index (κ1) is 35.3. The number of halogens is 1. The molecule has 0 aliphatic carbocycles. The van der Waals surface area contributed by atoms with Crippen LogP contribution in [0, 0.1) is 5.41 Å². The van der Waals surface area contributed by atoms with Crippen LogP contribution in [0.2, 0.25) is 5.02 Å². The monoisotopic (exact) mass is 723 g/mol. The summed E-state index contributed by atoms with van der Waals surface area (Å²) in [7, 11) is 4.88. The van der Waals surface area contributed by atoms with Gasteiger partial charge < -0.3 is 34.5 Å². The topological polar surface area (TPSA) is 127 Å². The van der Waals surface area contributed by atoms with Crippen LogP contribution >= 0.6 is 11.6 Å². The van der Waals surface area contributed by atoms with Crippen LogP contribution in [0.1, 0.15) is 30.9 Å². The lowest BCUT2D eigenvalue weighted by atomic mass is 9.82. The van der Waals surface area contributed by atoms with Gasteiger partial charge in [0.1, 0.15) is 11.5 Å². The third kappa shape index (κ3) is 6.67. The Morgan fingerprint density at radius 1 is 1.00 bits per heavy atom. The quantitative estimate of drug-likeness (QED) is 0.128. The summed E-state index contributed by atoms with van der Waals surface area (Å²) in [4.78, 5) is 30.1. The molecule has 2 aliphatic heterocycles. The van der Waals surface area contributed by atoms with E-state index in [-0.39, 0.29) is 11.9 Å². The van der Waals surface area contributed by atoms with Gasteiger partial charge in [0.25, 0.3) is 0 Å². The molecule has 12 heteroatoms. The van der Waals surface area contributed by atoms with Crippen molar-refractivity contribution in [3.63, 3.8) is 0 Å². The minimum absolute atomic E-state index is 0.0999. The van der Waals surface area contributed by atoms with Crippen LogP contribution in [-0.2, 0) is 22.7 Å². The largest absolute Gasteiger partial charge is 0.496 e. The van der Waals surface area contributed by atoms with Gasteiger partial charge in [-0.25, -0.2) is 4.98 Å². The molecule has 0 radical (unpaired) electrons. The minimum atomic E-state index is -0.784. The van der Waals surface area contributed by atoms with E-state index in [2.05, 4.69) is 38.3 Å². The smallest absolute Gasteiger partial charge is 0.311 e. The molecular formula is C40H42ClN5O6. The molecule has 3 aromatic carbocycles. The van der Waals surface area contributed by atoms with Crippen molar-refractivity contribution in [2.45, 2.75) is 38.9 Å². The molecule has 2 saturated heterocycles. The van der Waals surface area contributed by atoms with E-state index < -0.39 is 11.4 Å². The zero-order valence-electron chi connectivity index (χ0n) is 29.7. The molecule has 1 amide bonds. The average Bonchev–Trinajstić information content (AvgIpc) is 3.77. The number of benzene rings is 3. The molecule has 2 aromatic heterocycles. The molecule has 5 aromatic rings. The highest BCUT2D eigenvalue weighted by Crippen LogP contribution is 2.42. The summed E-state index contributed by atoms with van der Waals surface area (Å²) >= 11 is 7.19. The predicted molar refractivity (Wildman–Crippen MR) is 200 cm³/mol. The number of likely N-dealkylation sites (tertiary alicyclic amines) is 1. The highest BCUT2D eigenvalue weighted by atomic mass is 35.5. The van der Waals surface area contributed by atoms with E-state index in [4.69, 9.17) is 30.8 Å². The van der Waals surface area contributed by atoms with Gasteiger partial charge >= 0.3 is 5.97 Å². The number of aliphatic carboxylic acids is 1. The molecule has 7 rings (SSSR count). The maximum atomic E-state index is 11.6. The van der Waals surface area contributed by atoms with E-state index in [1.807, 2.05) is 54.7 Å². The van der Waals surface area contributed by atoms with Crippen LogP contribution in [0.4, 0.5) is 0 Å². The van der Waals surface area contributed by atoms with Gasteiger partial charge in [0, 0.05) is 85.6 Å². The molecule has 4 heterocycles. The number of aromatic nitrogens is 2. The maximum Gasteiger partial charge on any atom is 0.311 e. The molecular weight excluding hydrogens is 682 g/mol. The average molecular weight is 724 g/mol. The Bertz CT molecular complexity index is 2140. The van der Waals surface area contributed by atoms with Crippen LogP contribution < -0.4 is 24.8 Å². The van der Waals surface area contributed by atoms with E-state index in [0.29, 0.717) is 67.2 Å². The van der Waals surface area contributed by atoms with Crippen molar-refractivity contribution in [2.24, 2.45) is 5.41 Å². The zero-order valence-corrected chi connectivity index (χ0v) is 30.4. The molecule has 0 saturated carbocycles. The summed E-state index contributed by atoms with van der Waals surface area (Å²) in [6, 6.07) is 22.2. The number of pyridine rings is 1. The number of methoxy groups -OCH3 is 3. The summed E-state index contributed by atoms with van der Waals surface area (Å²) in [6.45, 7) is 4.44. The number of carboxylic acid groups (broad SMARTS) is 1. The van der Waals surface area contributed by atoms with E-state index in [1.54, 1.807) is 28.3 Å². The van der Waals surface area contributed by atoms with Crippen LogP contribution in [0.5, 0.6) is 17.4 Å². The number of nitrogens with zero attached hydrogens (tertiary/aromatic N) is 3. The Labute approximate surface area is 307 Å². The number of rotatable bonds is 13. The van der Waals surface area contributed by atoms with Crippen molar-refractivity contribution in [1.82, 2.24) is 25.1 Å². The Balaban J connectivity index is 1.16. The molecule has 2 fully saturated rings. The Hall–Kier alpha value is -5.10. The standard InChI is InChI=1S/C40H42ClN5O6/c1-40(39(48)49)22-45(23-40)21-31-34(50-2)17-26(18-35(31)51-3)46-16-15-28-27(7-6-10-33(28)46)29-8-5-9-30(37(29)41)32-13-11-24(38(44-32)52-4)19-42-20-25-12-14-36(47)43-25/h5-11,13,15-18,25,42H,12,14,19-23H2,1-4H3,(H,43,47)(H,48,49). The number of nitrogens with one attached hydrogen (secondary N) is 2. The summed E-state index contributed by atoms with van der Waals surface area (Å²) in [6.07, 6.45) is 3.43. The van der Waals surface area contributed by atoms with Crippen LogP contribution in [0.3, 0.4) is 0 Å². The molecule has 1 atom stereocenters. The van der Waals surface area contributed by atoms with Gasteiger partial charge in [-0.1, -0.05) is 48.0 Å². The number of carboxylic acids is 1. The van der Waals surface area contributed by atoms with Gasteiger partial charge in [0.15, 0.2) is 0 Å². The van der Waals surface area contributed by atoms with Crippen molar-refractivity contribution < 1.29 is 28.9 Å². The van der Waals surface area contributed by atoms with Gasteiger partial charge in [-0.3, -0.25) is 14.5 Å². The summed E-state index contributed by atoms with van der Waals surface area (Å²) in [5.74, 6) is 1.16. The Kier molecular flexibility index (Phi) is 9.84. The minimum Gasteiger partial charge on any atom is -0.496 e. The molecule has 1 unspecified atom stereocenters.